The minimum atomic E-state index is -3.24. The van der Waals surface area contributed by atoms with E-state index in [0.29, 0.717) is 30.9 Å². The Hall–Kier alpha value is -1.94. The molecule has 0 fully saturated rings. The maximum atomic E-state index is 12.3. The molecule has 0 unspecified atom stereocenters. The van der Waals surface area contributed by atoms with E-state index >= 15 is 0 Å². The van der Waals surface area contributed by atoms with E-state index in [1.54, 1.807) is 38.1 Å². The lowest BCUT2D eigenvalue weighted by Gasteiger charge is -2.17. The second kappa shape index (κ2) is 9.52. The Morgan fingerprint density at radius 3 is 2.08 bits per heavy atom. The third-order valence-electron chi connectivity index (χ3n) is 3.42. The largest absolute Gasteiger partial charge is 0.481 e. The quantitative estimate of drug-likeness (QED) is 0.452. The van der Waals surface area contributed by atoms with Crippen LogP contribution < -0.4 is 4.74 Å². The molecule has 2 rings (SSSR count). The standard InChI is InChI=1S/C19H23O5P/c1-3-23-25(21,24-4-2)15-22-18-12-10-16(11-13-18)14-19(20)17-8-6-5-7-9-17/h5-13H,3-4,14-15H2,1-2H3. The van der Waals surface area contributed by atoms with Crippen molar-refractivity contribution in [1.29, 1.82) is 0 Å². The molecule has 0 radical (unpaired) electrons. The van der Waals surface area contributed by atoms with Gasteiger partial charge in [-0.3, -0.25) is 9.36 Å². The van der Waals surface area contributed by atoms with E-state index in [0.717, 1.165) is 5.56 Å². The second-order valence-corrected chi connectivity index (χ2v) is 7.33. The smallest absolute Gasteiger partial charge is 0.367 e. The fraction of sp³-hybridized carbons (Fsp3) is 0.316. The highest BCUT2D eigenvalue weighted by molar-refractivity contribution is 7.53. The number of hydrogen-bond acceptors (Lipinski definition) is 5. The van der Waals surface area contributed by atoms with Crippen molar-refractivity contribution in [2.24, 2.45) is 0 Å². The lowest BCUT2D eigenvalue weighted by atomic mass is 10.0. The van der Waals surface area contributed by atoms with Gasteiger partial charge in [0.2, 0.25) is 0 Å². The molecule has 0 saturated carbocycles. The summed E-state index contributed by atoms with van der Waals surface area (Å²) in [5, 5.41) is 0. The van der Waals surface area contributed by atoms with E-state index in [9.17, 15) is 9.36 Å². The monoisotopic (exact) mass is 362 g/mol. The Morgan fingerprint density at radius 2 is 1.52 bits per heavy atom. The number of benzene rings is 2. The van der Waals surface area contributed by atoms with Crippen LogP contribution in [0.5, 0.6) is 5.75 Å². The van der Waals surface area contributed by atoms with Gasteiger partial charge in [0, 0.05) is 12.0 Å². The first kappa shape index (κ1) is 19.4. The van der Waals surface area contributed by atoms with Gasteiger partial charge in [0.25, 0.3) is 0 Å². The van der Waals surface area contributed by atoms with Crippen LogP contribution >= 0.6 is 7.60 Å². The zero-order chi connectivity index (χ0) is 18.1. The van der Waals surface area contributed by atoms with Crippen molar-refractivity contribution < 1.29 is 23.1 Å². The first-order chi connectivity index (χ1) is 12.1. The molecule has 6 heteroatoms. The summed E-state index contributed by atoms with van der Waals surface area (Å²) in [5.41, 5.74) is 1.58. The van der Waals surface area contributed by atoms with Gasteiger partial charge >= 0.3 is 7.60 Å². The summed E-state index contributed by atoms with van der Waals surface area (Å²) in [6, 6.07) is 16.3. The van der Waals surface area contributed by atoms with E-state index in [2.05, 4.69) is 0 Å². The molecule has 5 nitrogen and oxygen atoms in total. The van der Waals surface area contributed by atoms with Crippen LogP contribution in [0.3, 0.4) is 0 Å². The summed E-state index contributed by atoms with van der Waals surface area (Å²) >= 11 is 0. The number of carbonyl (C=O) groups excluding carboxylic acids is 1. The minimum Gasteiger partial charge on any atom is -0.481 e. The lowest BCUT2D eigenvalue weighted by molar-refractivity contribution is 0.0993. The predicted octanol–water partition coefficient (Wildman–Crippen LogP) is 4.71. The average Bonchev–Trinajstić information content (AvgIpc) is 2.62. The van der Waals surface area contributed by atoms with Gasteiger partial charge in [-0.15, -0.1) is 0 Å². The van der Waals surface area contributed by atoms with Crippen LogP contribution in [0, 0.1) is 0 Å². The molecule has 0 amide bonds. The summed E-state index contributed by atoms with van der Waals surface area (Å²) in [7, 11) is -3.24. The van der Waals surface area contributed by atoms with Crippen LogP contribution in [0.2, 0.25) is 0 Å². The molecule has 134 valence electrons. The van der Waals surface area contributed by atoms with E-state index in [1.807, 2.05) is 30.3 Å². The number of ketones is 1. The van der Waals surface area contributed by atoms with Gasteiger partial charge in [0.1, 0.15) is 5.75 Å². The summed E-state index contributed by atoms with van der Waals surface area (Å²) in [6.45, 7) is 4.09. The molecule has 0 aliphatic heterocycles. The Kier molecular flexibility index (Phi) is 7.38. The molecular weight excluding hydrogens is 339 g/mol. The molecule has 0 heterocycles. The highest BCUT2D eigenvalue weighted by Crippen LogP contribution is 2.47. The van der Waals surface area contributed by atoms with Crippen molar-refractivity contribution in [3.8, 4) is 5.75 Å². The maximum Gasteiger partial charge on any atom is 0.367 e. The van der Waals surface area contributed by atoms with Crippen molar-refractivity contribution in [1.82, 2.24) is 0 Å². The van der Waals surface area contributed by atoms with E-state index in [-0.39, 0.29) is 12.1 Å². The molecule has 2 aromatic carbocycles. The van der Waals surface area contributed by atoms with Gasteiger partial charge in [-0.1, -0.05) is 42.5 Å². The summed E-state index contributed by atoms with van der Waals surface area (Å²) in [6.07, 6.45) is 0.178. The Bertz CT molecular complexity index is 702. The predicted molar refractivity (Wildman–Crippen MR) is 97.3 cm³/mol. The van der Waals surface area contributed by atoms with Crippen LogP contribution in [-0.4, -0.2) is 25.3 Å². The molecule has 25 heavy (non-hydrogen) atoms. The van der Waals surface area contributed by atoms with Crippen LogP contribution in [0.1, 0.15) is 29.8 Å². The first-order valence-corrected chi connectivity index (χ1v) is 9.97. The number of carbonyl (C=O) groups is 1. The summed E-state index contributed by atoms with van der Waals surface area (Å²) in [4.78, 5) is 12.2. The van der Waals surface area contributed by atoms with Crippen molar-refractivity contribution in [2.75, 3.05) is 19.6 Å². The van der Waals surface area contributed by atoms with Gasteiger partial charge in [-0.05, 0) is 31.5 Å². The number of Topliss-reactive ketones (excluding diaryl/α,β-unsaturated/α-hetero) is 1. The zero-order valence-electron chi connectivity index (χ0n) is 14.5. The number of ether oxygens (including phenoxy) is 1. The fourth-order valence-electron chi connectivity index (χ4n) is 2.27. The molecule has 0 N–H and O–H groups in total. The number of rotatable bonds is 10. The average molecular weight is 362 g/mol. The molecule has 0 spiro atoms. The normalized spacial score (nSPS) is 11.3. The zero-order valence-corrected chi connectivity index (χ0v) is 15.4. The van der Waals surface area contributed by atoms with Crippen LogP contribution in [0.15, 0.2) is 54.6 Å². The van der Waals surface area contributed by atoms with Gasteiger partial charge in [0.05, 0.1) is 13.2 Å². The molecule has 0 aliphatic rings. The summed E-state index contributed by atoms with van der Waals surface area (Å²) in [5.74, 6) is 0.613. The van der Waals surface area contributed by atoms with Gasteiger partial charge in [-0.25, -0.2) is 0 Å². The minimum absolute atomic E-state index is 0.0615. The van der Waals surface area contributed by atoms with E-state index in [4.69, 9.17) is 13.8 Å². The first-order valence-electron chi connectivity index (χ1n) is 8.24. The summed E-state index contributed by atoms with van der Waals surface area (Å²) < 4.78 is 28.2. The molecule has 2 aromatic rings. The van der Waals surface area contributed by atoms with Crippen molar-refractivity contribution >= 4 is 13.4 Å². The molecule has 0 atom stereocenters. The molecule has 0 aromatic heterocycles. The Balaban J connectivity index is 1.93. The van der Waals surface area contributed by atoms with Gasteiger partial charge < -0.3 is 13.8 Å². The number of hydrogen-bond donors (Lipinski definition) is 0. The highest BCUT2D eigenvalue weighted by Gasteiger charge is 2.24. The molecule has 0 aliphatic carbocycles. The molecule has 0 bridgehead atoms. The Labute approximate surface area is 148 Å². The van der Waals surface area contributed by atoms with Crippen LogP contribution in [0.4, 0.5) is 0 Å². The second-order valence-electron chi connectivity index (χ2n) is 5.33. The highest BCUT2D eigenvalue weighted by atomic mass is 31.2. The van der Waals surface area contributed by atoms with E-state index in [1.165, 1.54) is 0 Å². The van der Waals surface area contributed by atoms with E-state index < -0.39 is 7.60 Å². The third kappa shape index (κ3) is 6.13. The molecular formula is C19H23O5P. The lowest BCUT2D eigenvalue weighted by Crippen LogP contribution is -2.06. The van der Waals surface area contributed by atoms with Crippen molar-refractivity contribution in [3.05, 3.63) is 65.7 Å². The van der Waals surface area contributed by atoms with Crippen molar-refractivity contribution in [3.63, 3.8) is 0 Å². The topological polar surface area (TPSA) is 61.8 Å². The van der Waals surface area contributed by atoms with Crippen LogP contribution in [-0.2, 0) is 20.0 Å². The third-order valence-corrected chi connectivity index (χ3v) is 5.17. The van der Waals surface area contributed by atoms with Crippen LogP contribution in [0.25, 0.3) is 0 Å². The van der Waals surface area contributed by atoms with Crippen molar-refractivity contribution in [2.45, 2.75) is 20.3 Å². The van der Waals surface area contributed by atoms with Gasteiger partial charge in [0.15, 0.2) is 12.1 Å². The maximum absolute atomic E-state index is 12.3. The SMILES string of the molecule is CCOP(=O)(COc1ccc(CC(=O)c2ccccc2)cc1)OCC. The fourth-order valence-corrected chi connectivity index (χ4v) is 3.59. The molecule has 0 saturated heterocycles. The Morgan fingerprint density at radius 1 is 0.920 bits per heavy atom. The van der Waals surface area contributed by atoms with Gasteiger partial charge in [-0.2, -0.15) is 0 Å².